The Balaban J connectivity index is 2.72. The average Bonchev–Trinajstić information content (AvgIpc) is 1.81. The van der Waals surface area contributed by atoms with Gasteiger partial charge in [-0.05, 0) is 13.3 Å². The fourth-order valence-corrected chi connectivity index (χ4v) is 0.314. The van der Waals surface area contributed by atoms with E-state index in [0.717, 1.165) is 12.8 Å². The highest BCUT2D eigenvalue weighted by molar-refractivity contribution is 5.60. The fourth-order valence-electron chi connectivity index (χ4n) is 0.314. The average molecular weight is 114 g/mol. The molecule has 0 atom stereocenters. The molecule has 0 amide bonds. The topological polar surface area (TPSA) is 21.6 Å². The minimum absolute atomic E-state index is 0.711. The second kappa shape index (κ2) is 6.47. The van der Waals surface area contributed by atoms with E-state index < -0.39 is 0 Å². The van der Waals surface area contributed by atoms with E-state index in [-0.39, 0.29) is 0 Å². The summed E-state index contributed by atoms with van der Waals surface area (Å²) in [5, 5.41) is 3.47. The molecular formula is C6H12NO. The van der Waals surface area contributed by atoms with Gasteiger partial charge in [-0.2, -0.15) is 0 Å². The third-order valence-electron chi connectivity index (χ3n) is 0.738. The zero-order chi connectivity index (χ0) is 6.24. The zero-order valence-corrected chi connectivity index (χ0v) is 5.26. The summed E-state index contributed by atoms with van der Waals surface area (Å²) >= 11 is 0. The number of hydrogen-bond donors (Lipinski definition) is 0. The maximum Gasteiger partial charge on any atom is 0.117 e. The quantitative estimate of drug-likeness (QED) is 0.309. The highest BCUT2D eigenvalue weighted by atomic mass is 16.6. The van der Waals surface area contributed by atoms with E-state index in [9.17, 15) is 0 Å². The SMILES string of the molecule is [CH2]C=NOCCCC. The van der Waals surface area contributed by atoms with Crippen molar-refractivity contribution < 1.29 is 4.84 Å². The van der Waals surface area contributed by atoms with Crippen molar-refractivity contribution in [2.45, 2.75) is 19.8 Å². The number of unbranched alkanes of at least 4 members (excludes halogenated alkanes) is 1. The van der Waals surface area contributed by atoms with E-state index >= 15 is 0 Å². The van der Waals surface area contributed by atoms with E-state index in [0.29, 0.717) is 6.61 Å². The maximum absolute atomic E-state index is 4.73. The van der Waals surface area contributed by atoms with Gasteiger partial charge in [-0.25, -0.2) is 0 Å². The molecule has 0 aliphatic heterocycles. The molecule has 2 heteroatoms. The summed E-state index contributed by atoms with van der Waals surface area (Å²) in [5.41, 5.74) is 0. The molecule has 0 fully saturated rings. The maximum atomic E-state index is 4.73. The molecule has 0 saturated carbocycles. The van der Waals surface area contributed by atoms with Gasteiger partial charge in [0, 0.05) is 6.21 Å². The predicted molar refractivity (Wildman–Crippen MR) is 34.7 cm³/mol. The molecule has 0 unspecified atom stereocenters. The van der Waals surface area contributed by atoms with Gasteiger partial charge in [0.2, 0.25) is 0 Å². The van der Waals surface area contributed by atoms with Gasteiger partial charge < -0.3 is 4.84 Å². The fraction of sp³-hybridized carbons (Fsp3) is 0.667. The van der Waals surface area contributed by atoms with Crippen molar-refractivity contribution in [2.24, 2.45) is 5.16 Å². The van der Waals surface area contributed by atoms with Crippen LogP contribution in [0.4, 0.5) is 0 Å². The third kappa shape index (κ3) is 5.47. The van der Waals surface area contributed by atoms with Crippen LogP contribution in [-0.4, -0.2) is 12.8 Å². The van der Waals surface area contributed by atoms with Crippen LogP contribution in [0.5, 0.6) is 0 Å². The Morgan fingerprint density at radius 1 is 1.75 bits per heavy atom. The van der Waals surface area contributed by atoms with Crippen LogP contribution in [0.1, 0.15) is 19.8 Å². The van der Waals surface area contributed by atoms with Crippen molar-refractivity contribution in [3.8, 4) is 0 Å². The van der Waals surface area contributed by atoms with E-state index in [2.05, 4.69) is 19.0 Å². The van der Waals surface area contributed by atoms with Crippen LogP contribution >= 0.6 is 0 Å². The smallest absolute Gasteiger partial charge is 0.117 e. The van der Waals surface area contributed by atoms with Gasteiger partial charge in [-0.3, -0.25) is 0 Å². The Kier molecular flexibility index (Phi) is 6.04. The molecule has 0 bridgehead atoms. The second-order valence-corrected chi connectivity index (χ2v) is 1.47. The lowest BCUT2D eigenvalue weighted by Crippen LogP contribution is -1.84. The van der Waals surface area contributed by atoms with Crippen LogP contribution in [0, 0.1) is 6.92 Å². The number of rotatable bonds is 4. The molecule has 0 aromatic rings. The standard InChI is InChI=1S/C6H12NO/c1-3-5-6-8-7-4-2/h4H,2-3,5-6H2,1H3. The monoisotopic (exact) mass is 114 g/mol. The van der Waals surface area contributed by atoms with E-state index in [1.807, 2.05) is 0 Å². The molecule has 0 rings (SSSR count). The summed E-state index contributed by atoms with van der Waals surface area (Å²) in [6.45, 7) is 6.19. The highest BCUT2D eigenvalue weighted by Crippen LogP contribution is 1.86. The molecule has 1 radical (unpaired) electrons. The molecule has 0 aliphatic carbocycles. The first-order chi connectivity index (χ1) is 3.91. The molecule has 8 heavy (non-hydrogen) atoms. The first-order valence-corrected chi connectivity index (χ1v) is 2.84. The lowest BCUT2D eigenvalue weighted by Gasteiger charge is -1.92. The highest BCUT2D eigenvalue weighted by Gasteiger charge is 1.78. The Morgan fingerprint density at radius 2 is 2.50 bits per heavy atom. The number of oxime groups is 1. The van der Waals surface area contributed by atoms with Crippen LogP contribution in [0.15, 0.2) is 5.16 Å². The van der Waals surface area contributed by atoms with Crippen LogP contribution in [-0.2, 0) is 4.84 Å². The number of hydrogen-bond acceptors (Lipinski definition) is 2. The van der Waals surface area contributed by atoms with Gasteiger partial charge in [0.15, 0.2) is 0 Å². The molecule has 0 saturated heterocycles. The Bertz CT molecular complexity index is 61.5. The third-order valence-corrected chi connectivity index (χ3v) is 0.738. The molecule has 47 valence electrons. The van der Waals surface area contributed by atoms with E-state index in [1.165, 1.54) is 6.21 Å². The number of nitrogens with zero attached hydrogens (tertiary/aromatic N) is 1. The van der Waals surface area contributed by atoms with Crippen LogP contribution in [0.25, 0.3) is 0 Å². The zero-order valence-electron chi connectivity index (χ0n) is 5.26. The van der Waals surface area contributed by atoms with Gasteiger partial charge in [0.1, 0.15) is 6.61 Å². The molecule has 0 aromatic carbocycles. The molecule has 0 heterocycles. The lowest BCUT2D eigenvalue weighted by molar-refractivity contribution is 0.143. The lowest BCUT2D eigenvalue weighted by atomic mass is 10.4. The summed E-state index contributed by atoms with van der Waals surface area (Å²) in [6.07, 6.45) is 3.61. The summed E-state index contributed by atoms with van der Waals surface area (Å²) in [7, 11) is 0. The van der Waals surface area contributed by atoms with Crippen molar-refractivity contribution in [2.75, 3.05) is 6.61 Å². The minimum atomic E-state index is 0.711. The molecule has 0 spiro atoms. The second-order valence-electron chi connectivity index (χ2n) is 1.47. The minimum Gasteiger partial charge on any atom is -0.396 e. The molecule has 2 nitrogen and oxygen atoms in total. The van der Waals surface area contributed by atoms with E-state index in [4.69, 9.17) is 4.84 Å². The summed E-state index contributed by atoms with van der Waals surface area (Å²) in [5.74, 6) is 0. The first-order valence-electron chi connectivity index (χ1n) is 2.84. The molecule has 0 aromatic heterocycles. The van der Waals surface area contributed by atoms with Crippen LogP contribution in [0.2, 0.25) is 0 Å². The summed E-state index contributed by atoms with van der Waals surface area (Å²) in [4.78, 5) is 4.73. The van der Waals surface area contributed by atoms with Gasteiger partial charge in [-0.1, -0.05) is 18.5 Å². The van der Waals surface area contributed by atoms with Gasteiger partial charge >= 0.3 is 0 Å². The van der Waals surface area contributed by atoms with E-state index in [1.54, 1.807) is 0 Å². The normalized spacial score (nSPS) is 10.2. The van der Waals surface area contributed by atoms with Gasteiger partial charge in [0.05, 0.1) is 0 Å². The molecule has 0 N–H and O–H groups in total. The van der Waals surface area contributed by atoms with Crippen LogP contribution < -0.4 is 0 Å². The predicted octanol–water partition coefficient (Wildman–Crippen LogP) is 1.62. The van der Waals surface area contributed by atoms with Crippen molar-refractivity contribution in [3.63, 3.8) is 0 Å². The van der Waals surface area contributed by atoms with Crippen molar-refractivity contribution in [3.05, 3.63) is 6.92 Å². The Morgan fingerprint density at radius 3 is 3.00 bits per heavy atom. The summed E-state index contributed by atoms with van der Waals surface area (Å²) in [6, 6.07) is 0. The Labute approximate surface area is 50.5 Å². The largest absolute Gasteiger partial charge is 0.396 e. The van der Waals surface area contributed by atoms with Gasteiger partial charge in [-0.15, -0.1) is 0 Å². The molecular weight excluding hydrogens is 102 g/mol. The molecule has 0 aliphatic rings. The van der Waals surface area contributed by atoms with Crippen molar-refractivity contribution in [1.29, 1.82) is 0 Å². The summed E-state index contributed by atoms with van der Waals surface area (Å²) < 4.78 is 0. The van der Waals surface area contributed by atoms with Crippen molar-refractivity contribution >= 4 is 6.21 Å². The first kappa shape index (κ1) is 7.47. The van der Waals surface area contributed by atoms with Crippen molar-refractivity contribution in [1.82, 2.24) is 0 Å². The van der Waals surface area contributed by atoms with Gasteiger partial charge in [0.25, 0.3) is 0 Å². The van der Waals surface area contributed by atoms with Crippen LogP contribution in [0.3, 0.4) is 0 Å². The Hall–Kier alpha value is -0.530.